The first-order valence-corrected chi connectivity index (χ1v) is 5.06. The summed E-state index contributed by atoms with van der Waals surface area (Å²) >= 11 is 0. The standard InChI is InChI=1S/C9H17NO5/c10-6-7(14)4(1-11)5(2-12)9(3-13)8(6)15-9/h4-8,11-14H,1-3,10H2/t4-,5+,6+,7-,8-,9+/m0/s1. The molecule has 15 heavy (non-hydrogen) atoms. The Morgan fingerprint density at radius 2 is 1.87 bits per heavy atom. The van der Waals surface area contributed by atoms with Gasteiger partial charge in [0.2, 0.25) is 0 Å². The van der Waals surface area contributed by atoms with Crippen LogP contribution in [0.1, 0.15) is 0 Å². The molecule has 0 bridgehead atoms. The SMILES string of the molecule is N[C@@H]1[C@@H](O)[C@@H](CO)[C@@H](CO)[C@@]2(CO)O[C@@H]12. The molecule has 2 fully saturated rings. The lowest BCUT2D eigenvalue weighted by Crippen LogP contribution is -2.59. The van der Waals surface area contributed by atoms with Crippen LogP contribution >= 0.6 is 0 Å². The molecule has 1 saturated heterocycles. The van der Waals surface area contributed by atoms with Crippen molar-refractivity contribution in [2.45, 2.75) is 23.9 Å². The Morgan fingerprint density at radius 3 is 2.33 bits per heavy atom. The molecule has 0 spiro atoms. The number of epoxide rings is 1. The number of aliphatic hydroxyl groups is 4. The summed E-state index contributed by atoms with van der Waals surface area (Å²) in [7, 11) is 0. The molecule has 6 heteroatoms. The van der Waals surface area contributed by atoms with E-state index in [0.717, 1.165) is 0 Å². The maximum atomic E-state index is 9.79. The quantitative estimate of drug-likeness (QED) is 0.323. The van der Waals surface area contributed by atoms with Crippen LogP contribution in [0.5, 0.6) is 0 Å². The molecular weight excluding hydrogens is 202 g/mol. The van der Waals surface area contributed by atoms with E-state index in [0.29, 0.717) is 0 Å². The molecule has 1 saturated carbocycles. The van der Waals surface area contributed by atoms with Gasteiger partial charge in [0.1, 0.15) is 11.7 Å². The summed E-state index contributed by atoms with van der Waals surface area (Å²) in [6.45, 7) is -0.774. The van der Waals surface area contributed by atoms with Crippen LogP contribution in [-0.2, 0) is 4.74 Å². The highest BCUT2D eigenvalue weighted by molar-refractivity contribution is 5.18. The predicted molar refractivity (Wildman–Crippen MR) is 49.8 cm³/mol. The maximum absolute atomic E-state index is 9.79. The smallest absolute Gasteiger partial charge is 0.125 e. The molecule has 1 aliphatic carbocycles. The van der Waals surface area contributed by atoms with Gasteiger partial charge < -0.3 is 30.9 Å². The van der Waals surface area contributed by atoms with E-state index >= 15 is 0 Å². The zero-order valence-electron chi connectivity index (χ0n) is 8.28. The molecule has 0 amide bonds. The van der Waals surface area contributed by atoms with Crippen molar-refractivity contribution >= 4 is 0 Å². The number of nitrogens with two attached hydrogens (primary N) is 1. The Labute approximate surface area is 87.3 Å². The minimum Gasteiger partial charge on any atom is -0.396 e. The number of hydrogen-bond acceptors (Lipinski definition) is 6. The van der Waals surface area contributed by atoms with Gasteiger partial charge in [0, 0.05) is 25.0 Å². The van der Waals surface area contributed by atoms with Crippen molar-refractivity contribution in [2.75, 3.05) is 19.8 Å². The second kappa shape index (κ2) is 3.65. The van der Waals surface area contributed by atoms with Crippen molar-refractivity contribution in [2.24, 2.45) is 17.6 Å². The highest BCUT2D eigenvalue weighted by Crippen LogP contribution is 2.52. The summed E-state index contributed by atoms with van der Waals surface area (Å²) in [5, 5.41) is 37.4. The van der Waals surface area contributed by atoms with Gasteiger partial charge in [0.25, 0.3) is 0 Å². The van der Waals surface area contributed by atoms with Crippen LogP contribution in [0.2, 0.25) is 0 Å². The third kappa shape index (κ3) is 1.33. The molecule has 2 aliphatic rings. The fraction of sp³-hybridized carbons (Fsp3) is 1.00. The normalized spacial score (nSPS) is 53.8. The molecule has 0 unspecified atom stereocenters. The predicted octanol–water partition coefficient (Wildman–Crippen LogP) is -2.96. The van der Waals surface area contributed by atoms with Crippen molar-refractivity contribution in [1.82, 2.24) is 0 Å². The Bertz CT molecular complexity index is 249. The topological polar surface area (TPSA) is 119 Å². The summed E-state index contributed by atoms with van der Waals surface area (Å²) in [6, 6.07) is -0.614. The van der Waals surface area contributed by atoms with Crippen LogP contribution in [0.3, 0.4) is 0 Å². The molecular formula is C9H17NO5. The number of rotatable bonds is 3. The molecule has 0 aromatic rings. The summed E-state index contributed by atoms with van der Waals surface area (Å²) in [4.78, 5) is 0. The van der Waals surface area contributed by atoms with Gasteiger partial charge in [-0.05, 0) is 0 Å². The Morgan fingerprint density at radius 1 is 1.20 bits per heavy atom. The molecule has 0 aromatic carbocycles. The average Bonchev–Trinajstić information content (AvgIpc) is 2.99. The van der Waals surface area contributed by atoms with Crippen LogP contribution in [0, 0.1) is 11.8 Å². The molecule has 6 nitrogen and oxygen atoms in total. The Hall–Kier alpha value is -0.240. The number of ether oxygens (including phenoxy) is 1. The molecule has 2 rings (SSSR count). The zero-order chi connectivity index (χ0) is 11.2. The lowest BCUT2D eigenvalue weighted by Gasteiger charge is -2.38. The van der Waals surface area contributed by atoms with E-state index in [1.807, 2.05) is 0 Å². The van der Waals surface area contributed by atoms with E-state index in [1.165, 1.54) is 0 Å². The van der Waals surface area contributed by atoms with Crippen LogP contribution < -0.4 is 5.73 Å². The first-order valence-electron chi connectivity index (χ1n) is 5.06. The summed E-state index contributed by atoms with van der Waals surface area (Å²) in [5.41, 5.74) is 4.87. The molecule has 0 aromatic heterocycles. The van der Waals surface area contributed by atoms with Crippen LogP contribution in [-0.4, -0.2) is 64.1 Å². The zero-order valence-corrected chi connectivity index (χ0v) is 8.28. The van der Waals surface area contributed by atoms with Crippen LogP contribution in [0.25, 0.3) is 0 Å². The van der Waals surface area contributed by atoms with Gasteiger partial charge in [-0.25, -0.2) is 0 Å². The number of fused-ring (bicyclic) bond motifs is 1. The van der Waals surface area contributed by atoms with Crippen molar-refractivity contribution in [3.63, 3.8) is 0 Å². The molecule has 6 N–H and O–H groups in total. The lowest BCUT2D eigenvalue weighted by atomic mass is 9.69. The van der Waals surface area contributed by atoms with E-state index in [4.69, 9.17) is 15.6 Å². The monoisotopic (exact) mass is 219 g/mol. The third-order valence-corrected chi connectivity index (χ3v) is 3.75. The van der Waals surface area contributed by atoms with Crippen molar-refractivity contribution in [1.29, 1.82) is 0 Å². The lowest BCUT2D eigenvalue weighted by molar-refractivity contribution is -0.0478. The van der Waals surface area contributed by atoms with Gasteiger partial charge in [-0.2, -0.15) is 0 Å². The highest BCUT2D eigenvalue weighted by atomic mass is 16.6. The molecule has 88 valence electrons. The van der Waals surface area contributed by atoms with E-state index in [2.05, 4.69) is 0 Å². The van der Waals surface area contributed by atoms with E-state index in [1.54, 1.807) is 0 Å². The second-order valence-electron chi connectivity index (χ2n) is 4.35. The molecule has 6 atom stereocenters. The fourth-order valence-corrected chi connectivity index (χ4v) is 2.74. The number of hydrogen-bond donors (Lipinski definition) is 5. The van der Waals surface area contributed by atoms with Crippen LogP contribution in [0.4, 0.5) is 0 Å². The van der Waals surface area contributed by atoms with Gasteiger partial charge in [0.05, 0.1) is 18.8 Å². The van der Waals surface area contributed by atoms with Gasteiger partial charge in [-0.3, -0.25) is 0 Å². The largest absolute Gasteiger partial charge is 0.396 e. The van der Waals surface area contributed by atoms with Gasteiger partial charge in [-0.15, -0.1) is 0 Å². The highest BCUT2D eigenvalue weighted by Gasteiger charge is 2.70. The third-order valence-electron chi connectivity index (χ3n) is 3.75. The summed E-state index contributed by atoms with van der Waals surface area (Å²) in [6.07, 6.45) is -1.32. The Kier molecular flexibility index (Phi) is 2.74. The molecule has 1 heterocycles. The minimum absolute atomic E-state index is 0.244. The van der Waals surface area contributed by atoms with Crippen LogP contribution in [0.15, 0.2) is 0 Å². The average molecular weight is 219 g/mol. The van der Waals surface area contributed by atoms with Crippen molar-refractivity contribution in [3.8, 4) is 0 Å². The number of aliphatic hydroxyl groups excluding tert-OH is 4. The maximum Gasteiger partial charge on any atom is 0.125 e. The van der Waals surface area contributed by atoms with Crippen molar-refractivity contribution < 1.29 is 25.2 Å². The molecule has 1 aliphatic heterocycles. The van der Waals surface area contributed by atoms with E-state index in [9.17, 15) is 15.3 Å². The summed E-state index contributed by atoms with van der Waals surface area (Å²) in [5.74, 6) is -1.01. The first-order chi connectivity index (χ1) is 7.12. The van der Waals surface area contributed by atoms with Gasteiger partial charge in [-0.1, -0.05) is 0 Å². The molecule has 0 radical (unpaired) electrons. The minimum atomic E-state index is -0.903. The van der Waals surface area contributed by atoms with E-state index < -0.39 is 35.7 Å². The summed E-state index contributed by atoms with van der Waals surface area (Å²) < 4.78 is 5.33. The first kappa shape index (κ1) is 11.3. The van der Waals surface area contributed by atoms with E-state index in [-0.39, 0.29) is 19.8 Å². The van der Waals surface area contributed by atoms with Gasteiger partial charge >= 0.3 is 0 Å². The second-order valence-corrected chi connectivity index (χ2v) is 4.35. The van der Waals surface area contributed by atoms with Gasteiger partial charge in [0.15, 0.2) is 0 Å². The van der Waals surface area contributed by atoms with Crippen molar-refractivity contribution in [3.05, 3.63) is 0 Å². The Balaban J connectivity index is 2.25. The fourth-order valence-electron chi connectivity index (χ4n) is 2.74.